The Morgan fingerprint density at radius 3 is 2.72 bits per heavy atom. The number of nitrogens with zero attached hydrogens (tertiary/aromatic N) is 1. The van der Waals surface area contributed by atoms with Gasteiger partial charge >= 0.3 is 0 Å². The topological polar surface area (TPSA) is 29.3 Å². The molecule has 1 aliphatic rings. The number of likely N-dealkylation sites (N-methyl/N-ethyl adjacent to an activating group) is 1. The van der Waals surface area contributed by atoms with Crippen molar-refractivity contribution in [2.24, 2.45) is 11.1 Å². The van der Waals surface area contributed by atoms with Crippen LogP contribution in [0, 0.1) is 11.2 Å². The molecule has 0 spiro atoms. The molecule has 2 rings (SSSR count). The van der Waals surface area contributed by atoms with E-state index in [1.807, 2.05) is 6.07 Å². The molecular weight excluding hydrogens is 227 g/mol. The first-order valence-corrected chi connectivity index (χ1v) is 6.77. The van der Waals surface area contributed by atoms with Crippen LogP contribution in [0.15, 0.2) is 24.3 Å². The Hall–Kier alpha value is -0.930. The minimum absolute atomic E-state index is 0.146. The molecule has 1 fully saturated rings. The molecule has 0 aliphatic heterocycles. The van der Waals surface area contributed by atoms with Gasteiger partial charge in [0.2, 0.25) is 0 Å². The standard InChI is InChI=1S/C15H23FN2/c1-18(12-15(11-17)7-3-8-15)9-6-13-4-2-5-14(16)10-13/h2,4-5,10H,3,6-9,11-12,17H2,1H3. The average Bonchev–Trinajstić information content (AvgIpc) is 2.31. The van der Waals surface area contributed by atoms with Crippen molar-refractivity contribution in [1.82, 2.24) is 4.90 Å². The molecule has 0 bridgehead atoms. The van der Waals surface area contributed by atoms with Gasteiger partial charge in [-0.3, -0.25) is 0 Å². The summed E-state index contributed by atoms with van der Waals surface area (Å²) < 4.78 is 13.1. The molecular formula is C15H23FN2. The van der Waals surface area contributed by atoms with Crippen molar-refractivity contribution >= 4 is 0 Å². The number of nitrogens with two attached hydrogens (primary N) is 1. The van der Waals surface area contributed by atoms with Crippen molar-refractivity contribution in [2.75, 3.05) is 26.7 Å². The number of halogens is 1. The zero-order valence-corrected chi connectivity index (χ0v) is 11.2. The summed E-state index contributed by atoms with van der Waals surface area (Å²) in [5, 5.41) is 0. The molecule has 1 saturated carbocycles. The van der Waals surface area contributed by atoms with E-state index in [1.54, 1.807) is 12.1 Å². The van der Waals surface area contributed by atoms with Crippen LogP contribution in [0.4, 0.5) is 4.39 Å². The van der Waals surface area contributed by atoms with Crippen LogP contribution >= 0.6 is 0 Å². The second kappa shape index (κ2) is 5.81. The lowest BCUT2D eigenvalue weighted by Crippen LogP contribution is -2.46. The molecule has 100 valence electrons. The van der Waals surface area contributed by atoms with Gasteiger partial charge in [-0.2, -0.15) is 0 Å². The van der Waals surface area contributed by atoms with Gasteiger partial charge in [-0.1, -0.05) is 18.6 Å². The summed E-state index contributed by atoms with van der Waals surface area (Å²) in [6.07, 6.45) is 4.73. The highest BCUT2D eigenvalue weighted by Crippen LogP contribution is 2.40. The first-order valence-electron chi connectivity index (χ1n) is 6.77. The van der Waals surface area contributed by atoms with E-state index in [0.717, 1.165) is 31.6 Å². The molecule has 1 aromatic carbocycles. The molecule has 0 atom stereocenters. The Morgan fingerprint density at radius 2 is 2.17 bits per heavy atom. The van der Waals surface area contributed by atoms with E-state index in [-0.39, 0.29) is 5.82 Å². The van der Waals surface area contributed by atoms with E-state index in [2.05, 4.69) is 11.9 Å². The summed E-state index contributed by atoms with van der Waals surface area (Å²) >= 11 is 0. The number of hydrogen-bond acceptors (Lipinski definition) is 2. The van der Waals surface area contributed by atoms with Crippen molar-refractivity contribution in [2.45, 2.75) is 25.7 Å². The molecule has 0 saturated heterocycles. The highest BCUT2D eigenvalue weighted by Gasteiger charge is 2.36. The lowest BCUT2D eigenvalue weighted by molar-refractivity contribution is 0.0882. The minimum atomic E-state index is -0.146. The number of benzene rings is 1. The van der Waals surface area contributed by atoms with Gasteiger partial charge in [0.1, 0.15) is 5.82 Å². The second-order valence-corrected chi connectivity index (χ2v) is 5.68. The molecule has 0 unspecified atom stereocenters. The minimum Gasteiger partial charge on any atom is -0.330 e. The van der Waals surface area contributed by atoms with Crippen molar-refractivity contribution in [1.29, 1.82) is 0 Å². The van der Waals surface area contributed by atoms with Gasteiger partial charge in [0.05, 0.1) is 0 Å². The fourth-order valence-corrected chi connectivity index (χ4v) is 2.77. The molecule has 3 heteroatoms. The fourth-order valence-electron chi connectivity index (χ4n) is 2.77. The maximum absolute atomic E-state index is 13.1. The highest BCUT2D eigenvalue weighted by atomic mass is 19.1. The van der Waals surface area contributed by atoms with Crippen LogP contribution in [-0.4, -0.2) is 31.6 Å². The zero-order chi connectivity index (χ0) is 13.0. The van der Waals surface area contributed by atoms with E-state index in [0.29, 0.717) is 5.41 Å². The third-order valence-corrected chi connectivity index (χ3v) is 4.12. The van der Waals surface area contributed by atoms with E-state index in [4.69, 9.17) is 5.73 Å². The van der Waals surface area contributed by atoms with Gasteiger partial charge in [0.25, 0.3) is 0 Å². The van der Waals surface area contributed by atoms with E-state index >= 15 is 0 Å². The van der Waals surface area contributed by atoms with Gasteiger partial charge in [-0.05, 0) is 56.0 Å². The second-order valence-electron chi connectivity index (χ2n) is 5.68. The quantitative estimate of drug-likeness (QED) is 0.840. The number of hydrogen-bond donors (Lipinski definition) is 1. The van der Waals surface area contributed by atoms with Gasteiger partial charge < -0.3 is 10.6 Å². The first kappa shape index (κ1) is 13.5. The van der Waals surface area contributed by atoms with Crippen LogP contribution in [0.5, 0.6) is 0 Å². The van der Waals surface area contributed by atoms with Gasteiger partial charge in [-0.15, -0.1) is 0 Å². The summed E-state index contributed by atoms with van der Waals surface area (Å²) in [6, 6.07) is 6.87. The summed E-state index contributed by atoms with van der Waals surface area (Å²) in [5.74, 6) is -0.146. The third kappa shape index (κ3) is 3.30. The molecule has 0 heterocycles. The Kier molecular flexibility index (Phi) is 4.36. The molecule has 2 N–H and O–H groups in total. The lowest BCUT2D eigenvalue weighted by Gasteiger charge is -2.43. The molecule has 0 amide bonds. The lowest BCUT2D eigenvalue weighted by atomic mass is 9.68. The third-order valence-electron chi connectivity index (χ3n) is 4.12. The fraction of sp³-hybridized carbons (Fsp3) is 0.600. The van der Waals surface area contributed by atoms with Crippen molar-refractivity contribution in [3.63, 3.8) is 0 Å². The van der Waals surface area contributed by atoms with Crippen molar-refractivity contribution in [3.8, 4) is 0 Å². The Labute approximate surface area is 109 Å². The molecule has 0 radical (unpaired) electrons. The summed E-state index contributed by atoms with van der Waals surface area (Å²) in [7, 11) is 2.13. The molecule has 1 aliphatic carbocycles. The largest absolute Gasteiger partial charge is 0.330 e. The Bertz CT molecular complexity index is 382. The Balaban J connectivity index is 1.79. The molecule has 0 aromatic heterocycles. The highest BCUT2D eigenvalue weighted by molar-refractivity contribution is 5.16. The van der Waals surface area contributed by atoms with Crippen LogP contribution < -0.4 is 5.73 Å². The normalized spacial score (nSPS) is 17.8. The van der Waals surface area contributed by atoms with Crippen molar-refractivity contribution < 1.29 is 4.39 Å². The summed E-state index contributed by atoms with van der Waals surface area (Å²) in [6.45, 7) is 2.82. The zero-order valence-electron chi connectivity index (χ0n) is 11.2. The predicted molar refractivity (Wildman–Crippen MR) is 72.9 cm³/mol. The molecule has 1 aromatic rings. The van der Waals surface area contributed by atoms with Gasteiger partial charge in [0.15, 0.2) is 0 Å². The monoisotopic (exact) mass is 250 g/mol. The molecule has 18 heavy (non-hydrogen) atoms. The van der Waals surface area contributed by atoms with Crippen LogP contribution in [0.2, 0.25) is 0 Å². The van der Waals surface area contributed by atoms with E-state index in [1.165, 1.54) is 25.3 Å². The van der Waals surface area contributed by atoms with Crippen LogP contribution in [0.25, 0.3) is 0 Å². The summed E-state index contributed by atoms with van der Waals surface area (Å²) in [5.41, 5.74) is 7.29. The van der Waals surface area contributed by atoms with E-state index in [9.17, 15) is 4.39 Å². The molecule has 2 nitrogen and oxygen atoms in total. The maximum Gasteiger partial charge on any atom is 0.123 e. The summed E-state index contributed by atoms with van der Waals surface area (Å²) in [4.78, 5) is 2.33. The average molecular weight is 250 g/mol. The Morgan fingerprint density at radius 1 is 1.39 bits per heavy atom. The van der Waals surface area contributed by atoms with Crippen LogP contribution in [0.3, 0.4) is 0 Å². The van der Waals surface area contributed by atoms with Crippen LogP contribution in [0.1, 0.15) is 24.8 Å². The predicted octanol–water partition coefficient (Wildman–Crippen LogP) is 2.43. The van der Waals surface area contributed by atoms with Crippen molar-refractivity contribution in [3.05, 3.63) is 35.6 Å². The maximum atomic E-state index is 13.1. The SMILES string of the molecule is CN(CCc1cccc(F)c1)CC1(CN)CCC1. The van der Waals surface area contributed by atoms with Crippen LogP contribution in [-0.2, 0) is 6.42 Å². The smallest absolute Gasteiger partial charge is 0.123 e. The van der Waals surface area contributed by atoms with Gasteiger partial charge in [0, 0.05) is 13.1 Å². The van der Waals surface area contributed by atoms with Gasteiger partial charge in [-0.25, -0.2) is 4.39 Å². The first-order chi connectivity index (χ1) is 8.63. The van der Waals surface area contributed by atoms with E-state index < -0.39 is 0 Å². The number of rotatable bonds is 6.